The molecular formula is C24H26ClN3O5. The Kier molecular flexibility index (Phi) is 7.78. The molecule has 0 amide bonds. The van der Waals surface area contributed by atoms with Crippen molar-refractivity contribution in [3.63, 3.8) is 0 Å². The molecule has 3 aromatic rings. The molecule has 1 aliphatic carbocycles. The van der Waals surface area contributed by atoms with Crippen molar-refractivity contribution in [1.82, 2.24) is 15.1 Å². The van der Waals surface area contributed by atoms with E-state index in [1.807, 2.05) is 24.3 Å². The molecular weight excluding hydrogens is 446 g/mol. The molecule has 0 atom stereocenters. The van der Waals surface area contributed by atoms with Crippen LogP contribution in [0.25, 0.3) is 11.5 Å². The minimum atomic E-state index is -0.855. The lowest BCUT2D eigenvalue weighted by molar-refractivity contribution is -0.137. The van der Waals surface area contributed by atoms with Crippen LogP contribution in [0.2, 0.25) is 5.02 Å². The number of nitrogens with zero attached hydrogens (tertiary/aromatic N) is 3. The number of carboxylic acid groups (broad SMARTS) is 1. The highest BCUT2D eigenvalue weighted by atomic mass is 35.5. The lowest BCUT2D eigenvalue weighted by Crippen LogP contribution is -2.09. The topological polar surface area (TPSA) is 108 Å². The van der Waals surface area contributed by atoms with Crippen LogP contribution in [-0.2, 0) is 11.2 Å². The smallest absolute Gasteiger partial charge is 0.303 e. The van der Waals surface area contributed by atoms with Gasteiger partial charge in [-0.1, -0.05) is 41.7 Å². The zero-order valence-electron chi connectivity index (χ0n) is 18.2. The molecule has 0 aliphatic heterocycles. The summed E-state index contributed by atoms with van der Waals surface area (Å²) in [5.74, 6) is 1.52. The third-order valence-corrected chi connectivity index (χ3v) is 6.01. The van der Waals surface area contributed by atoms with E-state index in [4.69, 9.17) is 30.7 Å². The van der Waals surface area contributed by atoms with Crippen molar-refractivity contribution in [2.75, 3.05) is 13.2 Å². The van der Waals surface area contributed by atoms with Gasteiger partial charge in [0, 0.05) is 19.0 Å². The molecule has 2 aromatic heterocycles. The van der Waals surface area contributed by atoms with E-state index in [1.54, 1.807) is 12.3 Å². The largest absolute Gasteiger partial charge is 0.492 e. The number of rotatable bonds is 11. The number of halogens is 1. The standard InChI is InChI=1S/C24H26ClN3O5/c25-22-17(8-3-10-19(22)31-13-5-11-21(29)30)14-20-27-24(33-28-20)18-9-4-12-26-23(18)32-15-16-6-1-2-7-16/h3-4,8-10,12,16H,1-2,5-7,11,13-15H2,(H,29,30). The Balaban J connectivity index is 1.42. The predicted octanol–water partition coefficient (Wildman–Crippen LogP) is 5.19. The third-order valence-electron chi connectivity index (χ3n) is 5.58. The fourth-order valence-corrected chi connectivity index (χ4v) is 4.11. The van der Waals surface area contributed by atoms with E-state index in [0.717, 1.165) is 5.56 Å². The molecule has 0 spiro atoms. The first kappa shape index (κ1) is 23.0. The van der Waals surface area contributed by atoms with E-state index < -0.39 is 5.97 Å². The van der Waals surface area contributed by atoms with Crippen LogP contribution >= 0.6 is 11.6 Å². The number of hydrogen-bond acceptors (Lipinski definition) is 7. The van der Waals surface area contributed by atoms with Crippen LogP contribution in [0.15, 0.2) is 41.1 Å². The Morgan fingerprint density at radius 2 is 2.03 bits per heavy atom. The number of pyridine rings is 1. The maximum Gasteiger partial charge on any atom is 0.303 e. The number of ether oxygens (including phenoxy) is 2. The van der Waals surface area contributed by atoms with E-state index in [2.05, 4.69) is 15.1 Å². The summed E-state index contributed by atoms with van der Waals surface area (Å²) in [5.41, 5.74) is 1.44. The summed E-state index contributed by atoms with van der Waals surface area (Å²) in [6.07, 6.45) is 7.39. The van der Waals surface area contributed by atoms with Crippen molar-refractivity contribution in [2.45, 2.75) is 44.9 Å². The molecule has 0 saturated heterocycles. The summed E-state index contributed by atoms with van der Waals surface area (Å²) in [7, 11) is 0. The summed E-state index contributed by atoms with van der Waals surface area (Å²) in [6, 6.07) is 9.10. The maximum atomic E-state index is 10.6. The Morgan fingerprint density at radius 1 is 1.18 bits per heavy atom. The molecule has 1 saturated carbocycles. The molecule has 0 bridgehead atoms. The summed E-state index contributed by atoms with van der Waals surface area (Å²) in [6.45, 7) is 0.909. The highest BCUT2D eigenvalue weighted by Crippen LogP contribution is 2.32. The molecule has 2 heterocycles. The highest BCUT2D eigenvalue weighted by Gasteiger charge is 2.20. The molecule has 33 heavy (non-hydrogen) atoms. The van der Waals surface area contributed by atoms with Gasteiger partial charge in [-0.2, -0.15) is 4.98 Å². The lowest BCUT2D eigenvalue weighted by Gasteiger charge is -2.11. The quantitative estimate of drug-likeness (QED) is 0.381. The summed E-state index contributed by atoms with van der Waals surface area (Å²) in [4.78, 5) is 19.5. The minimum Gasteiger partial charge on any atom is -0.492 e. The second-order valence-corrected chi connectivity index (χ2v) is 8.46. The average Bonchev–Trinajstić information content (AvgIpc) is 3.50. The van der Waals surface area contributed by atoms with Crippen molar-refractivity contribution in [2.24, 2.45) is 5.92 Å². The first-order valence-electron chi connectivity index (χ1n) is 11.1. The second kappa shape index (κ2) is 11.1. The van der Waals surface area contributed by atoms with Gasteiger partial charge in [0.1, 0.15) is 11.3 Å². The monoisotopic (exact) mass is 471 g/mol. The summed E-state index contributed by atoms with van der Waals surface area (Å²) in [5, 5.41) is 13.3. The van der Waals surface area contributed by atoms with Crippen molar-refractivity contribution in [1.29, 1.82) is 0 Å². The number of benzene rings is 1. The molecule has 174 valence electrons. The van der Waals surface area contributed by atoms with Crippen molar-refractivity contribution < 1.29 is 23.9 Å². The highest BCUT2D eigenvalue weighted by molar-refractivity contribution is 6.32. The van der Waals surface area contributed by atoms with E-state index in [9.17, 15) is 4.79 Å². The Hall–Kier alpha value is -3.13. The lowest BCUT2D eigenvalue weighted by atomic mass is 10.1. The number of aliphatic carboxylic acids is 1. The molecule has 0 unspecified atom stereocenters. The number of carbonyl (C=O) groups is 1. The molecule has 9 heteroatoms. The Morgan fingerprint density at radius 3 is 2.85 bits per heavy atom. The fourth-order valence-electron chi connectivity index (χ4n) is 3.86. The van der Waals surface area contributed by atoms with Crippen LogP contribution < -0.4 is 9.47 Å². The molecule has 1 N–H and O–H groups in total. The van der Waals surface area contributed by atoms with Crippen LogP contribution in [0, 0.1) is 5.92 Å². The van der Waals surface area contributed by atoms with Crippen LogP contribution in [0.1, 0.15) is 49.9 Å². The molecule has 8 nitrogen and oxygen atoms in total. The Labute approximate surface area is 196 Å². The predicted molar refractivity (Wildman–Crippen MR) is 122 cm³/mol. The fraction of sp³-hybridized carbons (Fsp3) is 0.417. The molecule has 1 aliphatic rings. The van der Waals surface area contributed by atoms with Crippen LogP contribution in [0.3, 0.4) is 0 Å². The number of hydrogen-bond donors (Lipinski definition) is 1. The van der Waals surface area contributed by atoms with Gasteiger partial charge in [0.25, 0.3) is 5.89 Å². The first-order valence-corrected chi connectivity index (χ1v) is 11.5. The molecule has 1 aromatic carbocycles. The second-order valence-electron chi connectivity index (χ2n) is 8.09. The van der Waals surface area contributed by atoms with E-state index >= 15 is 0 Å². The van der Waals surface area contributed by atoms with E-state index in [0.29, 0.717) is 59.3 Å². The molecule has 0 radical (unpaired) electrons. The van der Waals surface area contributed by atoms with E-state index in [1.165, 1.54) is 25.7 Å². The zero-order chi connectivity index (χ0) is 23.0. The van der Waals surface area contributed by atoms with Crippen molar-refractivity contribution >= 4 is 17.6 Å². The first-order chi connectivity index (χ1) is 16.1. The van der Waals surface area contributed by atoms with Crippen molar-refractivity contribution in [3.05, 3.63) is 52.9 Å². The number of carboxylic acids is 1. The van der Waals surface area contributed by atoms with Gasteiger partial charge < -0.3 is 19.1 Å². The maximum absolute atomic E-state index is 10.6. The van der Waals surface area contributed by atoms with Gasteiger partial charge in [0.15, 0.2) is 5.82 Å². The van der Waals surface area contributed by atoms with Gasteiger partial charge in [-0.05, 0) is 48.9 Å². The zero-order valence-corrected chi connectivity index (χ0v) is 19.0. The van der Waals surface area contributed by atoms with Gasteiger partial charge in [0.05, 0.1) is 18.2 Å². The van der Waals surface area contributed by atoms with Gasteiger partial charge >= 0.3 is 5.97 Å². The molecule has 1 fully saturated rings. The van der Waals surface area contributed by atoms with E-state index in [-0.39, 0.29) is 13.0 Å². The van der Waals surface area contributed by atoms with Gasteiger partial charge in [-0.3, -0.25) is 4.79 Å². The normalized spacial score (nSPS) is 13.8. The molecule has 4 rings (SSSR count). The third kappa shape index (κ3) is 6.22. The van der Waals surface area contributed by atoms with Gasteiger partial charge in [0.2, 0.25) is 5.88 Å². The SMILES string of the molecule is O=C(O)CCCOc1cccc(Cc2noc(-c3cccnc3OCC3CCCC3)n2)c1Cl. The van der Waals surface area contributed by atoms with Crippen molar-refractivity contribution in [3.8, 4) is 23.1 Å². The summed E-state index contributed by atoms with van der Waals surface area (Å²) < 4.78 is 17.1. The van der Waals surface area contributed by atoms with Crippen LogP contribution in [0.5, 0.6) is 11.6 Å². The average molecular weight is 472 g/mol. The van der Waals surface area contributed by atoms with Gasteiger partial charge in [-0.15, -0.1) is 0 Å². The van der Waals surface area contributed by atoms with Crippen LogP contribution in [0.4, 0.5) is 0 Å². The van der Waals surface area contributed by atoms with Crippen LogP contribution in [-0.4, -0.2) is 39.4 Å². The summed E-state index contributed by atoms with van der Waals surface area (Å²) >= 11 is 6.50. The number of aromatic nitrogens is 3. The Bertz CT molecular complexity index is 1080. The van der Waals surface area contributed by atoms with Gasteiger partial charge in [-0.25, -0.2) is 4.98 Å². The minimum absolute atomic E-state index is 0.0453.